The molecule has 0 atom stereocenters. The molecule has 2 fully saturated rings. The molecule has 1 heteroatoms. The van der Waals surface area contributed by atoms with Gasteiger partial charge in [-0.1, -0.05) is 43.5 Å². The molecule has 92 valence electrons. The average molecular weight is 229 g/mol. The Morgan fingerprint density at radius 3 is 2.53 bits per heavy atom. The van der Waals surface area contributed by atoms with E-state index in [0.29, 0.717) is 5.41 Å². The van der Waals surface area contributed by atoms with E-state index in [9.17, 15) is 0 Å². The fourth-order valence-corrected chi connectivity index (χ4v) is 3.38. The van der Waals surface area contributed by atoms with E-state index in [0.717, 1.165) is 12.5 Å². The SMILES string of the molecule is NCC1(c2cccc(C3CC3)c2)CCCCC1. The monoisotopic (exact) mass is 229 g/mol. The lowest BCUT2D eigenvalue weighted by Crippen LogP contribution is -2.37. The number of rotatable bonds is 3. The van der Waals surface area contributed by atoms with E-state index < -0.39 is 0 Å². The first-order valence-corrected chi connectivity index (χ1v) is 7.15. The summed E-state index contributed by atoms with van der Waals surface area (Å²) in [5.41, 5.74) is 9.48. The minimum atomic E-state index is 0.295. The molecule has 2 aliphatic carbocycles. The van der Waals surface area contributed by atoms with Gasteiger partial charge in [0.25, 0.3) is 0 Å². The quantitative estimate of drug-likeness (QED) is 0.839. The summed E-state index contributed by atoms with van der Waals surface area (Å²) in [6.07, 6.45) is 9.45. The van der Waals surface area contributed by atoms with Gasteiger partial charge < -0.3 is 5.73 Å². The summed E-state index contributed by atoms with van der Waals surface area (Å²) in [6, 6.07) is 9.31. The standard InChI is InChI=1S/C16H23N/c17-12-16(9-2-1-3-10-16)15-6-4-5-14(11-15)13-7-8-13/h4-6,11,13H,1-3,7-10,12,17H2. The van der Waals surface area contributed by atoms with Crippen molar-refractivity contribution in [1.82, 2.24) is 0 Å². The average Bonchev–Trinajstić information content (AvgIpc) is 3.24. The topological polar surface area (TPSA) is 26.0 Å². The first-order chi connectivity index (χ1) is 8.34. The van der Waals surface area contributed by atoms with Crippen molar-refractivity contribution in [3.63, 3.8) is 0 Å². The molecule has 2 aliphatic rings. The van der Waals surface area contributed by atoms with Crippen LogP contribution in [0.1, 0.15) is 62.0 Å². The Balaban J connectivity index is 1.91. The molecule has 0 aromatic heterocycles. The normalized spacial score (nSPS) is 23.6. The molecule has 0 heterocycles. The van der Waals surface area contributed by atoms with E-state index in [2.05, 4.69) is 24.3 Å². The molecule has 0 radical (unpaired) electrons. The molecule has 3 rings (SSSR count). The molecule has 1 aromatic rings. The highest BCUT2D eigenvalue weighted by Gasteiger charge is 2.33. The number of nitrogens with two attached hydrogens (primary N) is 1. The summed E-state index contributed by atoms with van der Waals surface area (Å²) in [5.74, 6) is 0.855. The molecule has 0 bridgehead atoms. The maximum absolute atomic E-state index is 6.11. The Bertz CT molecular complexity index is 386. The lowest BCUT2D eigenvalue weighted by molar-refractivity contribution is 0.300. The number of hydrogen-bond acceptors (Lipinski definition) is 1. The van der Waals surface area contributed by atoms with Crippen molar-refractivity contribution in [2.75, 3.05) is 6.54 Å². The van der Waals surface area contributed by atoms with Gasteiger partial charge in [0.1, 0.15) is 0 Å². The molecular formula is C16H23N. The molecule has 0 spiro atoms. The minimum Gasteiger partial charge on any atom is -0.330 e. The third kappa shape index (κ3) is 2.13. The molecule has 1 aromatic carbocycles. The van der Waals surface area contributed by atoms with Crippen LogP contribution >= 0.6 is 0 Å². The lowest BCUT2D eigenvalue weighted by Gasteiger charge is -2.37. The molecule has 0 amide bonds. The molecule has 0 unspecified atom stereocenters. The highest BCUT2D eigenvalue weighted by Crippen LogP contribution is 2.43. The second-order valence-electron chi connectivity index (χ2n) is 5.94. The molecule has 0 saturated heterocycles. The Morgan fingerprint density at radius 2 is 1.88 bits per heavy atom. The van der Waals surface area contributed by atoms with Crippen LogP contribution in [0.3, 0.4) is 0 Å². The maximum Gasteiger partial charge on any atom is 0.00756 e. The van der Waals surface area contributed by atoms with E-state index in [1.54, 1.807) is 5.56 Å². The Hall–Kier alpha value is -0.820. The first-order valence-electron chi connectivity index (χ1n) is 7.15. The Kier molecular flexibility index (Phi) is 2.96. The fraction of sp³-hybridized carbons (Fsp3) is 0.625. The van der Waals surface area contributed by atoms with Gasteiger partial charge in [-0.05, 0) is 42.7 Å². The van der Waals surface area contributed by atoms with Crippen LogP contribution in [0, 0.1) is 0 Å². The van der Waals surface area contributed by atoms with E-state index >= 15 is 0 Å². The van der Waals surface area contributed by atoms with Gasteiger partial charge in [-0.25, -0.2) is 0 Å². The highest BCUT2D eigenvalue weighted by molar-refractivity contribution is 5.34. The molecule has 2 saturated carbocycles. The van der Waals surface area contributed by atoms with Gasteiger partial charge >= 0.3 is 0 Å². The Morgan fingerprint density at radius 1 is 1.12 bits per heavy atom. The van der Waals surface area contributed by atoms with E-state index in [1.807, 2.05) is 0 Å². The van der Waals surface area contributed by atoms with Crippen molar-refractivity contribution in [3.8, 4) is 0 Å². The van der Waals surface area contributed by atoms with Gasteiger partial charge in [0.2, 0.25) is 0 Å². The largest absolute Gasteiger partial charge is 0.330 e. The van der Waals surface area contributed by atoms with Crippen molar-refractivity contribution in [3.05, 3.63) is 35.4 Å². The third-order valence-corrected chi connectivity index (χ3v) is 4.75. The maximum atomic E-state index is 6.11. The van der Waals surface area contributed by atoms with Crippen LogP contribution in [-0.4, -0.2) is 6.54 Å². The summed E-state index contributed by atoms with van der Waals surface area (Å²) in [4.78, 5) is 0. The zero-order valence-electron chi connectivity index (χ0n) is 10.6. The lowest BCUT2D eigenvalue weighted by atomic mass is 9.69. The van der Waals surface area contributed by atoms with Crippen molar-refractivity contribution < 1.29 is 0 Å². The van der Waals surface area contributed by atoms with E-state index in [1.165, 1.54) is 50.5 Å². The van der Waals surface area contributed by atoms with Crippen molar-refractivity contribution >= 4 is 0 Å². The van der Waals surface area contributed by atoms with Crippen LogP contribution in [0.5, 0.6) is 0 Å². The summed E-state index contributed by atoms with van der Waals surface area (Å²) < 4.78 is 0. The Labute approximate surface area is 104 Å². The van der Waals surface area contributed by atoms with E-state index in [-0.39, 0.29) is 0 Å². The van der Waals surface area contributed by atoms with Crippen LogP contribution < -0.4 is 5.73 Å². The molecular weight excluding hydrogens is 206 g/mol. The van der Waals surface area contributed by atoms with Crippen molar-refractivity contribution in [2.24, 2.45) is 5.73 Å². The highest BCUT2D eigenvalue weighted by atomic mass is 14.6. The molecule has 17 heavy (non-hydrogen) atoms. The molecule has 1 nitrogen and oxygen atoms in total. The van der Waals surface area contributed by atoms with Crippen LogP contribution in [0.15, 0.2) is 24.3 Å². The van der Waals surface area contributed by atoms with Crippen LogP contribution in [0.4, 0.5) is 0 Å². The van der Waals surface area contributed by atoms with Gasteiger partial charge in [0.05, 0.1) is 0 Å². The van der Waals surface area contributed by atoms with Gasteiger partial charge in [-0.15, -0.1) is 0 Å². The zero-order chi connectivity index (χ0) is 11.7. The summed E-state index contributed by atoms with van der Waals surface area (Å²) in [6.45, 7) is 0.821. The predicted molar refractivity (Wildman–Crippen MR) is 72.2 cm³/mol. The van der Waals surface area contributed by atoms with Crippen LogP contribution in [-0.2, 0) is 5.41 Å². The zero-order valence-corrected chi connectivity index (χ0v) is 10.6. The first kappa shape index (κ1) is 11.3. The van der Waals surface area contributed by atoms with Crippen LogP contribution in [0.25, 0.3) is 0 Å². The van der Waals surface area contributed by atoms with Gasteiger partial charge in [0.15, 0.2) is 0 Å². The second kappa shape index (κ2) is 4.45. The van der Waals surface area contributed by atoms with Gasteiger partial charge in [-0.2, -0.15) is 0 Å². The number of hydrogen-bond donors (Lipinski definition) is 1. The molecule has 2 N–H and O–H groups in total. The minimum absolute atomic E-state index is 0.295. The van der Waals surface area contributed by atoms with Crippen molar-refractivity contribution in [1.29, 1.82) is 0 Å². The molecule has 0 aliphatic heterocycles. The fourth-order valence-electron chi connectivity index (χ4n) is 3.38. The summed E-state index contributed by atoms with van der Waals surface area (Å²) in [5, 5.41) is 0. The summed E-state index contributed by atoms with van der Waals surface area (Å²) >= 11 is 0. The number of benzene rings is 1. The van der Waals surface area contributed by atoms with E-state index in [4.69, 9.17) is 5.73 Å². The van der Waals surface area contributed by atoms with Gasteiger partial charge in [0, 0.05) is 12.0 Å². The van der Waals surface area contributed by atoms with Gasteiger partial charge in [-0.3, -0.25) is 0 Å². The second-order valence-corrected chi connectivity index (χ2v) is 5.94. The third-order valence-electron chi connectivity index (χ3n) is 4.75. The summed E-state index contributed by atoms with van der Waals surface area (Å²) in [7, 11) is 0. The van der Waals surface area contributed by atoms with Crippen molar-refractivity contribution in [2.45, 2.75) is 56.3 Å². The smallest absolute Gasteiger partial charge is 0.00756 e. The predicted octanol–water partition coefficient (Wildman–Crippen LogP) is 3.72. The van der Waals surface area contributed by atoms with Crippen LogP contribution in [0.2, 0.25) is 0 Å².